The van der Waals surface area contributed by atoms with Gasteiger partial charge in [-0.25, -0.2) is 4.39 Å². The third-order valence-electron chi connectivity index (χ3n) is 4.03. The maximum atomic E-state index is 13.1. The molecule has 0 radical (unpaired) electrons. The van der Waals surface area contributed by atoms with E-state index in [0.29, 0.717) is 0 Å². The summed E-state index contributed by atoms with van der Waals surface area (Å²) in [6, 6.07) is 27.6. The highest BCUT2D eigenvalue weighted by Gasteiger charge is 2.06. The maximum Gasteiger partial charge on any atom is 0.123 e. The molecule has 0 aliphatic carbocycles. The summed E-state index contributed by atoms with van der Waals surface area (Å²) >= 11 is 1.75. The summed E-state index contributed by atoms with van der Waals surface area (Å²) in [5.41, 5.74) is 5.75. The maximum absolute atomic E-state index is 13.1. The van der Waals surface area contributed by atoms with E-state index in [1.165, 1.54) is 33.7 Å². The smallest absolute Gasteiger partial charge is 0.123 e. The highest BCUT2D eigenvalue weighted by Crippen LogP contribution is 2.34. The first kappa shape index (κ1) is 14.9. The molecule has 0 nitrogen and oxygen atoms in total. The zero-order valence-corrected chi connectivity index (χ0v) is 13.8. The molecule has 4 aromatic rings. The van der Waals surface area contributed by atoms with Crippen molar-refractivity contribution >= 4 is 11.3 Å². The van der Waals surface area contributed by atoms with Gasteiger partial charge in [0.05, 0.1) is 0 Å². The van der Waals surface area contributed by atoms with Gasteiger partial charge in [0, 0.05) is 4.88 Å². The molecule has 0 amide bonds. The number of rotatable bonds is 3. The monoisotopic (exact) mass is 330 g/mol. The minimum absolute atomic E-state index is 0.208. The molecule has 0 saturated heterocycles. The fourth-order valence-corrected chi connectivity index (χ4v) is 3.69. The highest BCUT2D eigenvalue weighted by atomic mass is 32.1. The Balaban J connectivity index is 1.69. The molecular formula is C22H15FS. The van der Waals surface area contributed by atoms with Gasteiger partial charge in [-0.1, -0.05) is 60.7 Å². The molecule has 116 valence electrons. The van der Waals surface area contributed by atoms with Crippen molar-refractivity contribution in [3.63, 3.8) is 0 Å². The van der Waals surface area contributed by atoms with Gasteiger partial charge in [-0.3, -0.25) is 0 Å². The molecule has 0 unspecified atom stereocenters. The van der Waals surface area contributed by atoms with Crippen molar-refractivity contribution in [3.8, 4) is 32.7 Å². The van der Waals surface area contributed by atoms with Gasteiger partial charge < -0.3 is 0 Å². The van der Waals surface area contributed by atoms with E-state index in [9.17, 15) is 4.39 Å². The van der Waals surface area contributed by atoms with Crippen LogP contribution >= 0.6 is 11.3 Å². The van der Waals surface area contributed by atoms with Crippen LogP contribution in [-0.2, 0) is 0 Å². The SMILES string of the molecule is Fc1ccc(-c2cccc(-c3csc(-c4ccccc4)c3)c2)cc1. The Labute approximate surface area is 144 Å². The van der Waals surface area contributed by atoms with Crippen molar-refractivity contribution in [2.45, 2.75) is 0 Å². The van der Waals surface area contributed by atoms with Crippen molar-refractivity contribution in [1.82, 2.24) is 0 Å². The van der Waals surface area contributed by atoms with Gasteiger partial charge in [0.25, 0.3) is 0 Å². The molecule has 0 aliphatic heterocycles. The van der Waals surface area contributed by atoms with Crippen molar-refractivity contribution in [2.75, 3.05) is 0 Å². The molecule has 4 rings (SSSR count). The minimum atomic E-state index is -0.208. The molecule has 0 atom stereocenters. The molecule has 0 bridgehead atoms. The second-order valence-electron chi connectivity index (χ2n) is 5.65. The topological polar surface area (TPSA) is 0 Å². The van der Waals surface area contributed by atoms with Gasteiger partial charge in [-0.15, -0.1) is 11.3 Å². The summed E-state index contributed by atoms with van der Waals surface area (Å²) in [7, 11) is 0. The van der Waals surface area contributed by atoms with Crippen LogP contribution in [0.4, 0.5) is 4.39 Å². The summed E-state index contributed by atoms with van der Waals surface area (Å²) in [6.45, 7) is 0. The quantitative estimate of drug-likeness (QED) is 0.384. The van der Waals surface area contributed by atoms with E-state index in [1.54, 1.807) is 11.3 Å². The zero-order chi connectivity index (χ0) is 16.4. The van der Waals surface area contributed by atoms with Crippen LogP contribution in [0.25, 0.3) is 32.7 Å². The molecule has 0 N–H and O–H groups in total. The minimum Gasteiger partial charge on any atom is -0.207 e. The van der Waals surface area contributed by atoms with Gasteiger partial charge in [-0.2, -0.15) is 0 Å². The molecule has 0 aliphatic rings. The third kappa shape index (κ3) is 3.01. The molecule has 0 spiro atoms. The van der Waals surface area contributed by atoms with E-state index < -0.39 is 0 Å². The van der Waals surface area contributed by atoms with E-state index in [2.05, 4.69) is 53.9 Å². The Morgan fingerprint density at radius 1 is 0.542 bits per heavy atom. The van der Waals surface area contributed by atoms with E-state index in [4.69, 9.17) is 0 Å². The second kappa shape index (κ2) is 6.42. The average molecular weight is 330 g/mol. The summed E-state index contributed by atoms with van der Waals surface area (Å²) in [5, 5.41) is 2.19. The van der Waals surface area contributed by atoms with E-state index in [0.717, 1.165) is 11.1 Å². The van der Waals surface area contributed by atoms with Crippen LogP contribution in [0, 0.1) is 5.82 Å². The summed E-state index contributed by atoms with van der Waals surface area (Å²) in [4.78, 5) is 1.26. The van der Waals surface area contributed by atoms with Gasteiger partial charge in [-0.05, 0) is 57.5 Å². The lowest BCUT2D eigenvalue weighted by atomic mass is 10.00. The lowest BCUT2D eigenvalue weighted by molar-refractivity contribution is 0.628. The van der Waals surface area contributed by atoms with Crippen LogP contribution in [0.5, 0.6) is 0 Å². The lowest BCUT2D eigenvalue weighted by Crippen LogP contribution is -1.81. The molecule has 24 heavy (non-hydrogen) atoms. The molecule has 1 aromatic heterocycles. The molecule has 0 saturated carbocycles. The highest BCUT2D eigenvalue weighted by molar-refractivity contribution is 7.14. The lowest BCUT2D eigenvalue weighted by Gasteiger charge is -2.04. The van der Waals surface area contributed by atoms with E-state index >= 15 is 0 Å². The Kier molecular flexibility index (Phi) is 3.97. The van der Waals surface area contributed by atoms with Crippen LogP contribution < -0.4 is 0 Å². The fraction of sp³-hybridized carbons (Fsp3) is 0. The van der Waals surface area contributed by atoms with Gasteiger partial charge in [0.15, 0.2) is 0 Å². The van der Waals surface area contributed by atoms with Crippen LogP contribution in [0.1, 0.15) is 0 Å². The Bertz CT molecular complexity index is 953. The third-order valence-corrected chi connectivity index (χ3v) is 5.01. The standard InChI is InChI=1S/C22H15FS/c23-21-11-9-16(10-12-21)18-7-4-8-19(13-18)20-14-22(24-15-20)17-5-2-1-3-6-17/h1-15H. The first-order valence-corrected chi connectivity index (χ1v) is 8.68. The molecule has 3 aromatic carbocycles. The van der Waals surface area contributed by atoms with Crippen LogP contribution in [0.3, 0.4) is 0 Å². The normalized spacial score (nSPS) is 10.7. The molecule has 2 heteroatoms. The molecule has 1 heterocycles. The van der Waals surface area contributed by atoms with Gasteiger partial charge >= 0.3 is 0 Å². The first-order valence-electron chi connectivity index (χ1n) is 7.80. The van der Waals surface area contributed by atoms with Crippen molar-refractivity contribution in [1.29, 1.82) is 0 Å². The second-order valence-corrected chi connectivity index (χ2v) is 6.56. The van der Waals surface area contributed by atoms with Crippen LogP contribution in [-0.4, -0.2) is 0 Å². The number of halogens is 1. The van der Waals surface area contributed by atoms with E-state index in [-0.39, 0.29) is 5.82 Å². The largest absolute Gasteiger partial charge is 0.207 e. The van der Waals surface area contributed by atoms with Crippen molar-refractivity contribution < 1.29 is 4.39 Å². The molecular weight excluding hydrogens is 315 g/mol. The molecule has 0 fully saturated rings. The summed E-state index contributed by atoms with van der Waals surface area (Å²) in [5.74, 6) is -0.208. The van der Waals surface area contributed by atoms with E-state index in [1.807, 2.05) is 24.3 Å². The predicted octanol–water partition coefficient (Wildman–Crippen LogP) is 6.89. The fourth-order valence-electron chi connectivity index (χ4n) is 2.76. The first-order chi connectivity index (χ1) is 11.8. The van der Waals surface area contributed by atoms with Crippen LogP contribution in [0.15, 0.2) is 90.3 Å². The van der Waals surface area contributed by atoms with Crippen molar-refractivity contribution in [2.24, 2.45) is 0 Å². The number of hydrogen-bond donors (Lipinski definition) is 0. The Morgan fingerprint density at radius 2 is 1.21 bits per heavy atom. The Hall–Kier alpha value is -2.71. The zero-order valence-electron chi connectivity index (χ0n) is 12.9. The van der Waals surface area contributed by atoms with Gasteiger partial charge in [0.1, 0.15) is 5.82 Å². The Morgan fingerprint density at radius 3 is 1.96 bits per heavy atom. The van der Waals surface area contributed by atoms with Crippen LogP contribution in [0.2, 0.25) is 0 Å². The average Bonchev–Trinajstić information content (AvgIpc) is 3.13. The van der Waals surface area contributed by atoms with Crippen molar-refractivity contribution in [3.05, 3.63) is 96.1 Å². The van der Waals surface area contributed by atoms with Gasteiger partial charge in [0.2, 0.25) is 0 Å². The predicted molar refractivity (Wildman–Crippen MR) is 101 cm³/mol. The number of hydrogen-bond acceptors (Lipinski definition) is 1. The summed E-state index contributed by atoms with van der Waals surface area (Å²) < 4.78 is 13.1. The summed E-state index contributed by atoms with van der Waals surface area (Å²) in [6.07, 6.45) is 0. The number of thiophene rings is 1. The number of benzene rings is 3.